The average molecular weight is 489 g/mol. The van der Waals surface area contributed by atoms with Crippen molar-refractivity contribution < 1.29 is 49.0 Å². The predicted molar refractivity (Wildman–Crippen MR) is 121 cm³/mol. The number of rotatable bonds is 17. The third-order valence-corrected chi connectivity index (χ3v) is 4.34. The van der Waals surface area contributed by atoms with Crippen LogP contribution >= 0.6 is 0 Å². The van der Waals surface area contributed by atoms with E-state index in [2.05, 4.69) is 19.7 Å². The summed E-state index contributed by atoms with van der Waals surface area (Å²) in [5, 5.41) is 38.5. The SMILES string of the molecule is C=C(C)C(=O)OC(N(CCO)CCO)C(OC(=O)C(=C)C)(OC(=O)C(=C)C)N(CCO)CCO. The highest BCUT2D eigenvalue weighted by atomic mass is 16.8. The smallest absolute Gasteiger partial charge is 0.374 e. The number of esters is 3. The second kappa shape index (κ2) is 15.3. The summed E-state index contributed by atoms with van der Waals surface area (Å²) in [6, 6.07) is 0. The first kappa shape index (κ1) is 31.4. The summed E-state index contributed by atoms with van der Waals surface area (Å²) in [5.41, 5.74) is -0.269. The number of hydrogen-bond donors (Lipinski definition) is 4. The largest absolute Gasteiger partial charge is 0.433 e. The Morgan fingerprint density at radius 1 is 0.706 bits per heavy atom. The van der Waals surface area contributed by atoms with Crippen molar-refractivity contribution in [2.45, 2.75) is 32.9 Å². The molecule has 0 bridgehead atoms. The Morgan fingerprint density at radius 3 is 1.35 bits per heavy atom. The van der Waals surface area contributed by atoms with Gasteiger partial charge in [-0.15, -0.1) is 0 Å². The van der Waals surface area contributed by atoms with E-state index in [0.717, 1.165) is 4.90 Å². The third-order valence-electron chi connectivity index (χ3n) is 4.34. The minimum absolute atomic E-state index is 0.0554. The lowest BCUT2D eigenvalue weighted by atomic mass is 10.2. The lowest BCUT2D eigenvalue weighted by molar-refractivity contribution is -0.348. The van der Waals surface area contributed by atoms with Crippen molar-refractivity contribution in [2.75, 3.05) is 52.6 Å². The minimum Gasteiger partial charge on any atom is -0.433 e. The molecule has 0 radical (unpaired) electrons. The quantitative estimate of drug-likeness (QED) is 0.111. The molecule has 1 atom stereocenters. The van der Waals surface area contributed by atoms with Crippen LogP contribution in [0.25, 0.3) is 0 Å². The van der Waals surface area contributed by atoms with Gasteiger partial charge >= 0.3 is 23.8 Å². The molecule has 194 valence electrons. The fourth-order valence-electron chi connectivity index (χ4n) is 2.70. The third kappa shape index (κ3) is 8.97. The molecule has 0 amide bonds. The number of nitrogens with zero attached hydrogens (tertiary/aromatic N) is 2. The van der Waals surface area contributed by atoms with E-state index in [1.807, 2.05) is 0 Å². The van der Waals surface area contributed by atoms with E-state index >= 15 is 0 Å². The van der Waals surface area contributed by atoms with Crippen LogP contribution in [0.4, 0.5) is 0 Å². The highest BCUT2D eigenvalue weighted by Gasteiger charge is 2.57. The molecule has 12 nitrogen and oxygen atoms in total. The lowest BCUT2D eigenvalue weighted by Gasteiger charge is -2.47. The topological polar surface area (TPSA) is 166 Å². The molecular weight excluding hydrogens is 452 g/mol. The summed E-state index contributed by atoms with van der Waals surface area (Å²) in [4.78, 5) is 40.3. The molecule has 0 aliphatic rings. The van der Waals surface area contributed by atoms with Crippen molar-refractivity contribution >= 4 is 17.9 Å². The molecule has 34 heavy (non-hydrogen) atoms. The molecule has 0 aliphatic heterocycles. The minimum atomic E-state index is -2.60. The van der Waals surface area contributed by atoms with Crippen LogP contribution in [-0.2, 0) is 28.6 Å². The molecule has 1 unspecified atom stereocenters. The van der Waals surface area contributed by atoms with Crippen LogP contribution in [-0.4, -0.2) is 113 Å². The van der Waals surface area contributed by atoms with E-state index in [0.29, 0.717) is 0 Å². The van der Waals surface area contributed by atoms with E-state index in [4.69, 9.17) is 14.2 Å². The van der Waals surface area contributed by atoms with Crippen molar-refractivity contribution in [3.63, 3.8) is 0 Å². The molecule has 0 heterocycles. The Balaban J connectivity index is 7.26. The van der Waals surface area contributed by atoms with Crippen molar-refractivity contribution in [3.05, 3.63) is 36.5 Å². The molecule has 4 N–H and O–H groups in total. The van der Waals surface area contributed by atoms with Crippen LogP contribution in [0, 0.1) is 0 Å². The van der Waals surface area contributed by atoms with Gasteiger partial charge in [0.1, 0.15) is 0 Å². The first-order valence-electron chi connectivity index (χ1n) is 10.5. The van der Waals surface area contributed by atoms with Gasteiger partial charge in [0, 0.05) is 42.9 Å². The predicted octanol–water partition coefficient (Wildman–Crippen LogP) is -1.10. The summed E-state index contributed by atoms with van der Waals surface area (Å²) < 4.78 is 16.7. The fourth-order valence-corrected chi connectivity index (χ4v) is 2.70. The second-order valence-corrected chi connectivity index (χ2v) is 7.43. The van der Waals surface area contributed by atoms with Crippen LogP contribution in [0.5, 0.6) is 0 Å². The standard InChI is InChI=1S/C22H36N2O10/c1-15(2)18(29)32-21(23(7-11-25)8-12-26)22(33-19(30)16(3)4,34-20(31)17(5)6)24(9-13-27)10-14-28/h21,25-28H,1,3,5,7-14H2,2,4,6H3. The Labute approximate surface area is 199 Å². The second-order valence-electron chi connectivity index (χ2n) is 7.43. The normalized spacial score (nSPS) is 12.3. The number of aliphatic hydroxyl groups excluding tert-OH is 4. The number of ether oxygens (including phenoxy) is 3. The molecule has 0 saturated heterocycles. The number of carbonyl (C=O) groups is 3. The molecule has 0 fully saturated rings. The van der Waals surface area contributed by atoms with Crippen molar-refractivity contribution in [3.8, 4) is 0 Å². The highest BCUT2D eigenvalue weighted by molar-refractivity contribution is 5.89. The van der Waals surface area contributed by atoms with Gasteiger partial charge in [-0.1, -0.05) is 19.7 Å². The van der Waals surface area contributed by atoms with Crippen LogP contribution < -0.4 is 0 Å². The summed E-state index contributed by atoms with van der Waals surface area (Å²) >= 11 is 0. The van der Waals surface area contributed by atoms with Crippen molar-refractivity contribution in [2.24, 2.45) is 0 Å². The molecule has 12 heteroatoms. The summed E-state index contributed by atoms with van der Waals surface area (Å²) in [7, 11) is 0. The fraction of sp³-hybridized carbons (Fsp3) is 0.591. The summed E-state index contributed by atoms with van der Waals surface area (Å²) in [6.07, 6.45) is -1.79. The van der Waals surface area contributed by atoms with Gasteiger partial charge < -0.3 is 34.6 Å². The summed E-state index contributed by atoms with van der Waals surface area (Å²) in [5.74, 6) is -5.69. The molecular formula is C22H36N2O10. The zero-order valence-electron chi connectivity index (χ0n) is 20.0. The van der Waals surface area contributed by atoms with Gasteiger partial charge in [0.15, 0.2) is 0 Å². The van der Waals surface area contributed by atoms with Gasteiger partial charge in [0.05, 0.1) is 26.4 Å². The first-order valence-corrected chi connectivity index (χ1v) is 10.5. The van der Waals surface area contributed by atoms with Crippen molar-refractivity contribution in [1.29, 1.82) is 0 Å². The molecule has 0 aliphatic carbocycles. The Kier molecular flexibility index (Phi) is 14.1. The number of carbonyl (C=O) groups excluding carboxylic acids is 3. The molecule has 0 aromatic heterocycles. The lowest BCUT2D eigenvalue weighted by Crippen LogP contribution is -2.69. The molecule has 0 aromatic carbocycles. The summed E-state index contributed by atoms with van der Waals surface area (Å²) in [6.45, 7) is 11.4. The van der Waals surface area contributed by atoms with E-state index < -0.39 is 56.5 Å². The maximum Gasteiger partial charge on any atom is 0.374 e. The van der Waals surface area contributed by atoms with Gasteiger partial charge in [-0.2, -0.15) is 0 Å². The highest BCUT2D eigenvalue weighted by Crippen LogP contribution is 2.31. The van der Waals surface area contributed by atoms with Crippen LogP contribution in [0.1, 0.15) is 20.8 Å². The zero-order valence-corrected chi connectivity index (χ0v) is 20.0. The van der Waals surface area contributed by atoms with E-state index in [1.165, 1.54) is 25.7 Å². The van der Waals surface area contributed by atoms with Crippen LogP contribution in [0.2, 0.25) is 0 Å². The maximum atomic E-state index is 12.7. The van der Waals surface area contributed by atoms with E-state index in [9.17, 15) is 34.8 Å². The number of hydrogen-bond acceptors (Lipinski definition) is 12. The van der Waals surface area contributed by atoms with Gasteiger partial charge in [-0.3, -0.25) is 4.90 Å². The Bertz CT molecular complexity index is 712. The van der Waals surface area contributed by atoms with Gasteiger partial charge in [-0.25, -0.2) is 19.3 Å². The van der Waals surface area contributed by atoms with E-state index in [1.54, 1.807) is 0 Å². The van der Waals surface area contributed by atoms with Crippen molar-refractivity contribution in [1.82, 2.24) is 9.80 Å². The Hall–Kier alpha value is -2.61. The van der Waals surface area contributed by atoms with Gasteiger partial charge in [0.2, 0.25) is 0 Å². The van der Waals surface area contributed by atoms with Crippen LogP contribution in [0.15, 0.2) is 36.5 Å². The average Bonchev–Trinajstić information content (AvgIpc) is 2.76. The molecule has 0 spiro atoms. The first-order chi connectivity index (χ1) is 15.9. The number of aliphatic hydroxyl groups is 4. The molecule has 0 saturated carbocycles. The monoisotopic (exact) mass is 488 g/mol. The molecule has 0 aromatic rings. The molecule has 0 rings (SSSR count). The van der Waals surface area contributed by atoms with Crippen LogP contribution in [0.3, 0.4) is 0 Å². The Morgan fingerprint density at radius 2 is 1.06 bits per heavy atom. The zero-order chi connectivity index (χ0) is 26.5. The maximum absolute atomic E-state index is 12.7. The van der Waals surface area contributed by atoms with Gasteiger partial charge in [-0.05, 0) is 20.8 Å². The van der Waals surface area contributed by atoms with E-state index in [-0.39, 0.29) is 42.9 Å². The van der Waals surface area contributed by atoms with Gasteiger partial charge in [0.25, 0.3) is 6.23 Å².